The quantitative estimate of drug-likeness (QED) is 0.203. The zero-order valence-electron chi connectivity index (χ0n) is 15.3. The molecule has 3 heteroatoms. The SMILES string of the molecule is Clc1ccc2c(ccc3cc(-c4ccc(Br)cc4)ccc32)c1-c1ccc(Br)cc1. The fourth-order valence-electron chi connectivity index (χ4n) is 3.85. The summed E-state index contributed by atoms with van der Waals surface area (Å²) in [5, 5.41) is 5.61. The second-order valence-electron chi connectivity index (χ2n) is 7.03. The molecule has 0 aromatic heterocycles. The molecule has 0 atom stereocenters. The van der Waals surface area contributed by atoms with Crippen LogP contribution in [0.5, 0.6) is 0 Å². The third kappa shape index (κ3) is 3.50. The maximum Gasteiger partial charge on any atom is 0.0490 e. The van der Waals surface area contributed by atoms with Gasteiger partial charge in [-0.2, -0.15) is 0 Å². The van der Waals surface area contributed by atoms with Crippen LogP contribution in [0.15, 0.2) is 99.9 Å². The highest BCUT2D eigenvalue weighted by molar-refractivity contribution is 9.10. The summed E-state index contributed by atoms with van der Waals surface area (Å²) in [4.78, 5) is 0. The third-order valence-corrected chi connectivity index (χ3v) is 6.65. The lowest BCUT2D eigenvalue weighted by Crippen LogP contribution is -1.86. The van der Waals surface area contributed by atoms with Crippen molar-refractivity contribution in [3.05, 3.63) is 105 Å². The van der Waals surface area contributed by atoms with E-state index in [4.69, 9.17) is 11.6 Å². The Morgan fingerprint density at radius 1 is 0.483 bits per heavy atom. The molecule has 0 N–H and O–H groups in total. The van der Waals surface area contributed by atoms with E-state index in [-0.39, 0.29) is 0 Å². The monoisotopic (exact) mass is 520 g/mol. The van der Waals surface area contributed by atoms with E-state index in [9.17, 15) is 0 Å². The zero-order chi connectivity index (χ0) is 20.0. The number of hydrogen-bond acceptors (Lipinski definition) is 0. The zero-order valence-corrected chi connectivity index (χ0v) is 19.2. The Hall–Kier alpha value is -2.13. The normalized spacial score (nSPS) is 11.3. The van der Waals surface area contributed by atoms with Gasteiger partial charge in [0.25, 0.3) is 0 Å². The van der Waals surface area contributed by atoms with Crippen LogP contribution < -0.4 is 0 Å². The van der Waals surface area contributed by atoms with Gasteiger partial charge in [-0.15, -0.1) is 0 Å². The predicted octanol–water partition coefficient (Wildman–Crippen LogP) is 9.51. The molecule has 0 radical (unpaired) electrons. The summed E-state index contributed by atoms with van der Waals surface area (Å²) in [6.07, 6.45) is 0. The van der Waals surface area contributed by atoms with Crippen LogP contribution in [0.25, 0.3) is 43.8 Å². The van der Waals surface area contributed by atoms with Crippen molar-refractivity contribution in [1.29, 1.82) is 0 Å². The van der Waals surface area contributed by atoms with Crippen LogP contribution in [-0.4, -0.2) is 0 Å². The number of hydrogen-bond donors (Lipinski definition) is 0. The Balaban J connectivity index is 1.72. The van der Waals surface area contributed by atoms with E-state index < -0.39 is 0 Å². The molecule has 0 unspecified atom stereocenters. The minimum atomic E-state index is 0.769. The van der Waals surface area contributed by atoms with Crippen molar-refractivity contribution in [3.8, 4) is 22.3 Å². The first kappa shape index (κ1) is 18.9. The molecule has 0 fully saturated rings. The molecule has 0 heterocycles. The first-order valence-electron chi connectivity index (χ1n) is 9.27. The Labute approximate surface area is 191 Å². The van der Waals surface area contributed by atoms with Crippen LogP contribution in [0.4, 0.5) is 0 Å². The summed E-state index contributed by atoms with van der Waals surface area (Å²) in [5.41, 5.74) is 4.62. The Morgan fingerprint density at radius 3 is 1.72 bits per heavy atom. The van der Waals surface area contributed by atoms with Crippen LogP contribution in [0.2, 0.25) is 5.02 Å². The molecule has 5 aromatic rings. The lowest BCUT2D eigenvalue weighted by Gasteiger charge is -2.13. The molecule has 0 saturated carbocycles. The van der Waals surface area contributed by atoms with Crippen molar-refractivity contribution < 1.29 is 0 Å². The van der Waals surface area contributed by atoms with E-state index in [0.717, 1.165) is 25.1 Å². The molecule has 0 spiro atoms. The summed E-state index contributed by atoms with van der Waals surface area (Å²) in [6, 6.07) is 31.9. The lowest BCUT2D eigenvalue weighted by atomic mass is 9.93. The van der Waals surface area contributed by atoms with E-state index >= 15 is 0 Å². The van der Waals surface area contributed by atoms with Gasteiger partial charge in [0.2, 0.25) is 0 Å². The van der Waals surface area contributed by atoms with Gasteiger partial charge in [-0.3, -0.25) is 0 Å². The van der Waals surface area contributed by atoms with Gasteiger partial charge in [-0.25, -0.2) is 0 Å². The van der Waals surface area contributed by atoms with Crippen molar-refractivity contribution in [2.24, 2.45) is 0 Å². The Bertz CT molecular complexity index is 1350. The highest BCUT2D eigenvalue weighted by Crippen LogP contribution is 2.39. The highest BCUT2D eigenvalue weighted by atomic mass is 79.9. The third-order valence-electron chi connectivity index (χ3n) is 5.28. The molecule has 140 valence electrons. The van der Waals surface area contributed by atoms with Gasteiger partial charge in [0.1, 0.15) is 0 Å². The summed E-state index contributed by atoms with van der Waals surface area (Å²) in [5.74, 6) is 0. The van der Waals surface area contributed by atoms with Gasteiger partial charge in [-0.1, -0.05) is 98.1 Å². The van der Waals surface area contributed by atoms with E-state index in [0.29, 0.717) is 0 Å². The molecule has 5 rings (SSSR count). The van der Waals surface area contributed by atoms with Gasteiger partial charge in [0, 0.05) is 19.5 Å². The topological polar surface area (TPSA) is 0 Å². The Kier molecular flexibility index (Phi) is 4.95. The first-order valence-corrected chi connectivity index (χ1v) is 11.2. The summed E-state index contributed by atoms with van der Waals surface area (Å²) < 4.78 is 2.15. The maximum atomic E-state index is 6.63. The summed E-state index contributed by atoms with van der Waals surface area (Å²) in [6.45, 7) is 0. The minimum absolute atomic E-state index is 0.769. The molecule has 5 aromatic carbocycles. The van der Waals surface area contributed by atoms with Gasteiger partial charge in [0.15, 0.2) is 0 Å². The maximum absolute atomic E-state index is 6.63. The number of halogens is 3. The van der Waals surface area contributed by atoms with E-state index in [1.165, 1.54) is 32.7 Å². The number of benzene rings is 5. The molecule has 0 bridgehead atoms. The smallest absolute Gasteiger partial charge is 0.0490 e. The van der Waals surface area contributed by atoms with Gasteiger partial charge < -0.3 is 0 Å². The van der Waals surface area contributed by atoms with Crippen LogP contribution in [0.1, 0.15) is 0 Å². The first-order chi connectivity index (χ1) is 14.1. The van der Waals surface area contributed by atoms with Crippen LogP contribution in [-0.2, 0) is 0 Å². The molecular formula is C26H15Br2Cl. The van der Waals surface area contributed by atoms with Crippen molar-refractivity contribution in [3.63, 3.8) is 0 Å². The van der Waals surface area contributed by atoms with E-state index in [1.807, 2.05) is 6.07 Å². The highest BCUT2D eigenvalue weighted by Gasteiger charge is 2.11. The summed E-state index contributed by atoms with van der Waals surface area (Å²) in [7, 11) is 0. The second kappa shape index (κ2) is 7.60. The van der Waals surface area contributed by atoms with Crippen molar-refractivity contribution in [2.75, 3.05) is 0 Å². The van der Waals surface area contributed by atoms with Gasteiger partial charge >= 0.3 is 0 Å². The van der Waals surface area contributed by atoms with Gasteiger partial charge in [-0.05, 0) is 74.6 Å². The number of rotatable bonds is 2. The fraction of sp³-hybridized carbons (Fsp3) is 0. The van der Waals surface area contributed by atoms with Crippen molar-refractivity contribution in [1.82, 2.24) is 0 Å². The second-order valence-corrected chi connectivity index (χ2v) is 9.27. The largest absolute Gasteiger partial charge is 0.0836 e. The standard InChI is InChI=1S/C26H15Br2Cl/c27-20-7-1-16(2-8-20)18-5-11-22-19(15-18)6-12-24-23(22)13-14-25(29)26(24)17-3-9-21(28)10-4-17/h1-15H. The average molecular weight is 523 g/mol. The van der Waals surface area contributed by atoms with E-state index in [2.05, 4.69) is 117 Å². The van der Waals surface area contributed by atoms with Crippen molar-refractivity contribution >= 4 is 65.0 Å². The van der Waals surface area contributed by atoms with Crippen LogP contribution in [0.3, 0.4) is 0 Å². The molecule has 0 saturated heterocycles. The van der Waals surface area contributed by atoms with Crippen LogP contribution in [0, 0.1) is 0 Å². The molecule has 0 aliphatic rings. The summed E-state index contributed by atoms with van der Waals surface area (Å²) >= 11 is 13.7. The molecule has 0 nitrogen and oxygen atoms in total. The Morgan fingerprint density at radius 2 is 1.03 bits per heavy atom. The van der Waals surface area contributed by atoms with Crippen molar-refractivity contribution in [2.45, 2.75) is 0 Å². The molecule has 0 amide bonds. The van der Waals surface area contributed by atoms with Gasteiger partial charge in [0.05, 0.1) is 0 Å². The molecule has 0 aliphatic heterocycles. The predicted molar refractivity (Wildman–Crippen MR) is 133 cm³/mol. The van der Waals surface area contributed by atoms with Crippen LogP contribution >= 0.6 is 43.5 Å². The minimum Gasteiger partial charge on any atom is -0.0836 e. The molecule has 0 aliphatic carbocycles. The molecular weight excluding hydrogens is 508 g/mol. The van der Waals surface area contributed by atoms with E-state index in [1.54, 1.807) is 0 Å². The average Bonchev–Trinajstić information content (AvgIpc) is 2.74. The fourth-order valence-corrected chi connectivity index (χ4v) is 4.65. The lowest BCUT2D eigenvalue weighted by molar-refractivity contribution is 1.61. The molecule has 29 heavy (non-hydrogen) atoms. The number of fused-ring (bicyclic) bond motifs is 3.